The molecule has 0 radical (unpaired) electrons. The number of thiophene rings is 1. The number of H-pyrrole nitrogens is 1. The number of nitrogens with one attached hydrogen (secondary N) is 1. The molecular formula is C19H16N2O6S2. The first-order chi connectivity index (χ1) is 13.9. The Hall–Kier alpha value is -2.85. The maximum absolute atomic E-state index is 13.2. The number of hydrogen-bond donors (Lipinski definition) is 2. The van der Waals surface area contributed by atoms with E-state index in [1.165, 1.54) is 24.5 Å². The highest BCUT2D eigenvalue weighted by molar-refractivity contribution is 7.92. The SMILES string of the molecule is COc1c(S(=O)(=O)C2CC2)cc2c(c1-c1ccsc1)OCc1c(C(=O)O)n[nH]c1-2. The molecule has 2 aliphatic rings. The molecule has 10 heteroatoms. The molecule has 1 aromatic carbocycles. The van der Waals surface area contributed by atoms with Gasteiger partial charge in [0.2, 0.25) is 0 Å². The number of aromatic carboxylic acids is 1. The zero-order valence-corrected chi connectivity index (χ0v) is 16.9. The van der Waals surface area contributed by atoms with Crippen LogP contribution in [0.5, 0.6) is 11.5 Å². The summed E-state index contributed by atoms with van der Waals surface area (Å²) in [5.41, 5.74) is 2.49. The smallest absolute Gasteiger partial charge is 0.356 e. The molecular weight excluding hydrogens is 416 g/mol. The monoisotopic (exact) mass is 432 g/mol. The molecule has 2 aromatic heterocycles. The first-order valence-electron chi connectivity index (χ1n) is 8.88. The van der Waals surface area contributed by atoms with Gasteiger partial charge < -0.3 is 14.6 Å². The van der Waals surface area contributed by atoms with Gasteiger partial charge in [0.1, 0.15) is 23.0 Å². The van der Waals surface area contributed by atoms with Gasteiger partial charge in [0.15, 0.2) is 15.5 Å². The number of carbonyl (C=O) groups is 1. The van der Waals surface area contributed by atoms with Crippen LogP contribution in [0.4, 0.5) is 0 Å². The molecule has 3 aromatic rings. The Labute approximate surface area is 170 Å². The predicted molar refractivity (Wildman–Crippen MR) is 105 cm³/mol. The van der Waals surface area contributed by atoms with Crippen LogP contribution in [0.3, 0.4) is 0 Å². The summed E-state index contributed by atoms with van der Waals surface area (Å²) in [6, 6.07) is 3.38. The summed E-state index contributed by atoms with van der Waals surface area (Å²) in [5.74, 6) is -0.481. The average Bonchev–Trinajstić information content (AvgIpc) is 3.26. The van der Waals surface area contributed by atoms with Crippen LogP contribution in [0.1, 0.15) is 28.9 Å². The Balaban J connectivity index is 1.86. The minimum atomic E-state index is -3.60. The quantitative estimate of drug-likeness (QED) is 0.635. The van der Waals surface area contributed by atoms with Gasteiger partial charge in [-0.25, -0.2) is 13.2 Å². The highest BCUT2D eigenvalue weighted by atomic mass is 32.2. The summed E-state index contributed by atoms with van der Waals surface area (Å²) in [7, 11) is -2.15. The summed E-state index contributed by atoms with van der Waals surface area (Å²) in [4.78, 5) is 11.6. The van der Waals surface area contributed by atoms with Crippen molar-refractivity contribution in [3.63, 3.8) is 0 Å². The molecule has 8 nitrogen and oxygen atoms in total. The molecule has 1 fully saturated rings. The standard InChI is InChI=1S/C19H16N2O6S2/c1-26-18-13(29(24,25)10-2-3-10)6-11-15-12(16(19(22)23)21-20-15)7-27-17(11)14(18)9-4-5-28-8-9/h4-6,8,10H,2-3,7H2,1H3,(H,20,21)(H,22,23). The van der Waals surface area contributed by atoms with E-state index < -0.39 is 21.1 Å². The molecule has 150 valence electrons. The van der Waals surface area contributed by atoms with E-state index in [1.807, 2.05) is 16.8 Å². The van der Waals surface area contributed by atoms with Crippen LogP contribution in [0.15, 0.2) is 27.8 Å². The highest BCUT2D eigenvalue weighted by Gasteiger charge is 2.41. The molecule has 3 heterocycles. The van der Waals surface area contributed by atoms with E-state index >= 15 is 0 Å². The third-order valence-electron chi connectivity index (χ3n) is 5.18. The van der Waals surface area contributed by atoms with Gasteiger partial charge in [0.05, 0.1) is 29.2 Å². The molecule has 29 heavy (non-hydrogen) atoms. The number of carboxylic acids is 1. The van der Waals surface area contributed by atoms with Crippen LogP contribution >= 0.6 is 11.3 Å². The molecule has 0 saturated heterocycles. The summed E-state index contributed by atoms with van der Waals surface area (Å²) in [6.45, 7) is 0.00940. The largest absolute Gasteiger partial charge is 0.495 e. The Kier molecular flexibility index (Phi) is 3.97. The average molecular weight is 432 g/mol. The maximum Gasteiger partial charge on any atom is 0.356 e. The molecule has 5 rings (SSSR count). The van der Waals surface area contributed by atoms with Gasteiger partial charge in [-0.1, -0.05) is 0 Å². The lowest BCUT2D eigenvalue weighted by Crippen LogP contribution is -2.14. The third-order valence-corrected chi connectivity index (χ3v) is 8.13. The van der Waals surface area contributed by atoms with Gasteiger partial charge in [-0.2, -0.15) is 16.4 Å². The molecule has 0 amide bonds. The van der Waals surface area contributed by atoms with Gasteiger partial charge in [0.25, 0.3) is 0 Å². The maximum atomic E-state index is 13.2. The number of methoxy groups -OCH3 is 1. The lowest BCUT2D eigenvalue weighted by Gasteiger charge is -2.24. The van der Waals surface area contributed by atoms with Crippen LogP contribution in [-0.2, 0) is 16.4 Å². The van der Waals surface area contributed by atoms with Gasteiger partial charge in [-0.3, -0.25) is 5.10 Å². The Morgan fingerprint density at radius 1 is 1.41 bits per heavy atom. The van der Waals surface area contributed by atoms with Gasteiger partial charge in [-0.15, -0.1) is 0 Å². The van der Waals surface area contributed by atoms with Crippen molar-refractivity contribution in [2.24, 2.45) is 0 Å². The van der Waals surface area contributed by atoms with Crippen LogP contribution in [0, 0.1) is 0 Å². The first-order valence-corrected chi connectivity index (χ1v) is 11.4. The summed E-state index contributed by atoms with van der Waals surface area (Å²) in [5, 5.41) is 19.4. The number of benzene rings is 1. The minimum Gasteiger partial charge on any atom is -0.495 e. The Morgan fingerprint density at radius 3 is 2.83 bits per heavy atom. The highest BCUT2D eigenvalue weighted by Crippen LogP contribution is 2.52. The van der Waals surface area contributed by atoms with E-state index in [1.54, 1.807) is 0 Å². The number of nitrogens with zero attached hydrogens (tertiary/aromatic N) is 1. The molecule has 1 aliphatic heterocycles. The van der Waals surface area contributed by atoms with Crippen molar-refractivity contribution in [2.75, 3.05) is 7.11 Å². The predicted octanol–water partition coefficient (Wildman–Crippen LogP) is 3.34. The van der Waals surface area contributed by atoms with Crippen molar-refractivity contribution >= 4 is 27.1 Å². The molecule has 0 unspecified atom stereocenters. The van der Waals surface area contributed by atoms with Crippen molar-refractivity contribution in [1.29, 1.82) is 0 Å². The molecule has 1 saturated carbocycles. The molecule has 0 atom stereocenters. The molecule has 0 spiro atoms. The summed E-state index contributed by atoms with van der Waals surface area (Å²) < 4.78 is 37.9. The van der Waals surface area contributed by atoms with Crippen molar-refractivity contribution in [3.05, 3.63) is 34.2 Å². The van der Waals surface area contributed by atoms with E-state index in [9.17, 15) is 18.3 Å². The van der Waals surface area contributed by atoms with Gasteiger partial charge in [-0.05, 0) is 41.3 Å². The number of fused-ring (bicyclic) bond motifs is 3. The van der Waals surface area contributed by atoms with E-state index in [0.717, 1.165) is 5.56 Å². The minimum absolute atomic E-state index is 0.00940. The number of aromatic nitrogens is 2. The van der Waals surface area contributed by atoms with Crippen molar-refractivity contribution in [2.45, 2.75) is 29.6 Å². The topological polar surface area (TPSA) is 119 Å². The fourth-order valence-corrected chi connectivity index (χ4v) is 6.14. The van der Waals surface area contributed by atoms with E-state index in [2.05, 4.69) is 10.2 Å². The van der Waals surface area contributed by atoms with Crippen LogP contribution in [0.2, 0.25) is 0 Å². The molecule has 2 N–H and O–H groups in total. The van der Waals surface area contributed by atoms with Crippen LogP contribution in [0.25, 0.3) is 22.4 Å². The number of ether oxygens (including phenoxy) is 2. The van der Waals surface area contributed by atoms with Crippen LogP contribution < -0.4 is 9.47 Å². The second-order valence-corrected chi connectivity index (χ2v) is 9.91. The lowest BCUT2D eigenvalue weighted by molar-refractivity contribution is 0.0687. The van der Waals surface area contributed by atoms with Crippen molar-refractivity contribution < 1.29 is 27.8 Å². The fraction of sp³-hybridized carbons (Fsp3) is 0.263. The zero-order valence-electron chi connectivity index (χ0n) is 15.3. The Bertz CT molecular complexity index is 1240. The first kappa shape index (κ1) is 18.2. The second kappa shape index (κ2) is 6.33. The van der Waals surface area contributed by atoms with Gasteiger partial charge in [0, 0.05) is 5.56 Å². The van der Waals surface area contributed by atoms with E-state index in [4.69, 9.17) is 9.47 Å². The number of carboxylic acid groups (broad SMARTS) is 1. The Morgan fingerprint density at radius 2 is 2.21 bits per heavy atom. The third kappa shape index (κ3) is 2.66. The van der Waals surface area contributed by atoms with Crippen molar-refractivity contribution in [3.8, 4) is 33.9 Å². The normalized spacial score (nSPS) is 15.3. The number of sulfone groups is 1. The van der Waals surface area contributed by atoms with Crippen molar-refractivity contribution in [1.82, 2.24) is 10.2 Å². The van der Waals surface area contributed by atoms with Crippen LogP contribution in [-0.4, -0.2) is 42.1 Å². The molecule has 0 bridgehead atoms. The second-order valence-electron chi connectivity index (χ2n) is 6.94. The fourth-order valence-electron chi connectivity index (χ4n) is 3.65. The summed E-state index contributed by atoms with van der Waals surface area (Å²) >= 11 is 1.47. The van der Waals surface area contributed by atoms with E-state index in [0.29, 0.717) is 41.0 Å². The zero-order chi connectivity index (χ0) is 20.3. The summed E-state index contributed by atoms with van der Waals surface area (Å²) in [6.07, 6.45) is 1.23. The molecule has 1 aliphatic carbocycles. The van der Waals surface area contributed by atoms with Gasteiger partial charge >= 0.3 is 5.97 Å². The van der Waals surface area contributed by atoms with E-state index in [-0.39, 0.29) is 22.9 Å². The number of aromatic amines is 1. The number of rotatable bonds is 5. The number of hydrogen-bond acceptors (Lipinski definition) is 7. The lowest BCUT2D eigenvalue weighted by atomic mass is 9.96.